The van der Waals surface area contributed by atoms with Crippen LogP contribution in [0.3, 0.4) is 0 Å². The summed E-state index contributed by atoms with van der Waals surface area (Å²) in [5.41, 5.74) is 1.10. The largest absolute Gasteiger partial charge is 0.317 e. The first-order valence-electron chi connectivity index (χ1n) is 3.16. The topological polar surface area (TPSA) is 20.3 Å². The van der Waals surface area contributed by atoms with Crippen molar-refractivity contribution in [2.45, 2.75) is 20.3 Å². The second-order valence-corrected chi connectivity index (χ2v) is 2.30. The fourth-order valence-corrected chi connectivity index (χ4v) is 1.09. The number of amides is 1. The van der Waals surface area contributed by atoms with Crippen LogP contribution in [0.25, 0.3) is 0 Å². The molecule has 0 bridgehead atoms. The summed E-state index contributed by atoms with van der Waals surface area (Å²) in [5, 5.41) is 0. The van der Waals surface area contributed by atoms with Gasteiger partial charge >= 0.3 is 0 Å². The standard InChI is InChI=1S/C7H11NO/c1-6-4-3-5-8(6)7(2)9/h4H,3,5H2,1-2H3. The lowest BCUT2D eigenvalue weighted by molar-refractivity contribution is -0.126. The zero-order chi connectivity index (χ0) is 6.85. The first kappa shape index (κ1) is 6.33. The molecule has 0 saturated carbocycles. The molecule has 0 fully saturated rings. The van der Waals surface area contributed by atoms with Crippen LogP contribution in [0, 0.1) is 0 Å². The highest BCUT2D eigenvalue weighted by molar-refractivity contribution is 5.75. The molecule has 1 rings (SSSR count). The van der Waals surface area contributed by atoms with E-state index >= 15 is 0 Å². The molecule has 0 aromatic carbocycles. The van der Waals surface area contributed by atoms with Gasteiger partial charge in [-0.25, -0.2) is 0 Å². The molecule has 1 aliphatic heterocycles. The summed E-state index contributed by atoms with van der Waals surface area (Å²) in [5.74, 6) is 0.154. The zero-order valence-electron chi connectivity index (χ0n) is 5.85. The predicted molar refractivity (Wildman–Crippen MR) is 35.8 cm³/mol. The van der Waals surface area contributed by atoms with Gasteiger partial charge in [-0.2, -0.15) is 0 Å². The van der Waals surface area contributed by atoms with Crippen molar-refractivity contribution in [2.75, 3.05) is 6.54 Å². The van der Waals surface area contributed by atoms with E-state index in [-0.39, 0.29) is 5.91 Å². The van der Waals surface area contributed by atoms with Crippen molar-refractivity contribution in [2.24, 2.45) is 0 Å². The molecular weight excluding hydrogens is 114 g/mol. The lowest BCUT2D eigenvalue weighted by Crippen LogP contribution is -2.23. The highest BCUT2D eigenvalue weighted by atomic mass is 16.2. The van der Waals surface area contributed by atoms with Gasteiger partial charge in [-0.05, 0) is 13.3 Å². The van der Waals surface area contributed by atoms with Gasteiger partial charge in [-0.1, -0.05) is 6.08 Å². The van der Waals surface area contributed by atoms with Crippen molar-refractivity contribution in [3.8, 4) is 0 Å². The average Bonchev–Trinajstić information content (AvgIpc) is 2.13. The van der Waals surface area contributed by atoms with Crippen LogP contribution >= 0.6 is 0 Å². The zero-order valence-corrected chi connectivity index (χ0v) is 5.85. The van der Waals surface area contributed by atoms with E-state index in [0.717, 1.165) is 18.7 Å². The minimum atomic E-state index is 0.154. The summed E-state index contributed by atoms with van der Waals surface area (Å²) in [6.07, 6.45) is 3.10. The molecule has 0 aromatic heterocycles. The quantitative estimate of drug-likeness (QED) is 0.475. The van der Waals surface area contributed by atoms with Crippen LogP contribution < -0.4 is 0 Å². The van der Waals surface area contributed by atoms with Crippen molar-refractivity contribution < 1.29 is 4.79 Å². The Morgan fingerprint density at radius 3 is 2.67 bits per heavy atom. The maximum Gasteiger partial charge on any atom is 0.223 e. The van der Waals surface area contributed by atoms with Crippen molar-refractivity contribution in [1.82, 2.24) is 4.90 Å². The highest BCUT2D eigenvalue weighted by Gasteiger charge is 2.13. The van der Waals surface area contributed by atoms with Gasteiger partial charge < -0.3 is 4.90 Å². The maximum atomic E-state index is 10.7. The summed E-state index contributed by atoms with van der Waals surface area (Å²) >= 11 is 0. The molecule has 0 unspecified atom stereocenters. The van der Waals surface area contributed by atoms with Gasteiger partial charge in [0.05, 0.1) is 0 Å². The Hall–Kier alpha value is -0.790. The fourth-order valence-electron chi connectivity index (χ4n) is 1.09. The summed E-state index contributed by atoms with van der Waals surface area (Å²) < 4.78 is 0. The molecular formula is C7H11NO. The monoisotopic (exact) mass is 125 g/mol. The number of allylic oxidation sites excluding steroid dienone is 1. The number of carbonyl (C=O) groups is 1. The van der Waals surface area contributed by atoms with Crippen molar-refractivity contribution in [3.63, 3.8) is 0 Å². The molecule has 0 aliphatic carbocycles. The average molecular weight is 125 g/mol. The third-order valence-electron chi connectivity index (χ3n) is 1.60. The van der Waals surface area contributed by atoms with Crippen LogP contribution in [0.5, 0.6) is 0 Å². The van der Waals surface area contributed by atoms with Gasteiger partial charge in [0.25, 0.3) is 0 Å². The maximum absolute atomic E-state index is 10.7. The molecule has 0 radical (unpaired) electrons. The predicted octanol–water partition coefficient (Wildman–Crippen LogP) is 1.14. The SMILES string of the molecule is CC(=O)N1CCC=C1C. The molecule has 1 amide bonds. The van der Waals surface area contributed by atoms with E-state index in [4.69, 9.17) is 0 Å². The van der Waals surface area contributed by atoms with E-state index in [1.165, 1.54) is 0 Å². The van der Waals surface area contributed by atoms with Crippen LogP contribution in [0.1, 0.15) is 20.3 Å². The van der Waals surface area contributed by atoms with Gasteiger partial charge in [0.2, 0.25) is 5.91 Å². The van der Waals surface area contributed by atoms with E-state index in [9.17, 15) is 4.79 Å². The smallest absolute Gasteiger partial charge is 0.223 e. The third-order valence-corrected chi connectivity index (χ3v) is 1.60. The minimum absolute atomic E-state index is 0.154. The molecule has 0 saturated heterocycles. The van der Waals surface area contributed by atoms with Crippen LogP contribution in [-0.2, 0) is 4.79 Å². The fraction of sp³-hybridized carbons (Fsp3) is 0.571. The first-order valence-corrected chi connectivity index (χ1v) is 3.16. The van der Waals surface area contributed by atoms with Crippen LogP contribution in [0.4, 0.5) is 0 Å². The Bertz CT molecular complexity index is 160. The molecule has 0 atom stereocenters. The number of nitrogens with zero attached hydrogens (tertiary/aromatic N) is 1. The summed E-state index contributed by atoms with van der Waals surface area (Å²) in [7, 11) is 0. The lowest BCUT2D eigenvalue weighted by Gasteiger charge is -2.14. The van der Waals surface area contributed by atoms with Gasteiger partial charge in [-0.3, -0.25) is 4.79 Å². The van der Waals surface area contributed by atoms with Crippen LogP contribution in [0.15, 0.2) is 11.8 Å². The molecule has 50 valence electrons. The number of hydrogen-bond acceptors (Lipinski definition) is 1. The Morgan fingerprint density at radius 1 is 1.78 bits per heavy atom. The van der Waals surface area contributed by atoms with E-state index < -0.39 is 0 Å². The first-order chi connectivity index (χ1) is 4.22. The normalized spacial score (nSPS) is 18.0. The lowest BCUT2D eigenvalue weighted by atomic mass is 10.4. The number of carbonyl (C=O) groups excluding carboxylic acids is 1. The molecule has 2 heteroatoms. The van der Waals surface area contributed by atoms with E-state index in [0.29, 0.717) is 0 Å². The molecule has 1 heterocycles. The molecule has 2 nitrogen and oxygen atoms in total. The third kappa shape index (κ3) is 1.12. The Morgan fingerprint density at radius 2 is 2.44 bits per heavy atom. The van der Waals surface area contributed by atoms with Crippen molar-refractivity contribution in [3.05, 3.63) is 11.8 Å². The van der Waals surface area contributed by atoms with Gasteiger partial charge in [0, 0.05) is 19.2 Å². The van der Waals surface area contributed by atoms with Gasteiger partial charge in [0.1, 0.15) is 0 Å². The summed E-state index contributed by atoms with van der Waals surface area (Å²) in [6, 6.07) is 0. The van der Waals surface area contributed by atoms with Crippen LogP contribution in [0.2, 0.25) is 0 Å². The summed E-state index contributed by atoms with van der Waals surface area (Å²) in [4.78, 5) is 12.5. The molecule has 0 aromatic rings. The Labute approximate surface area is 55.2 Å². The molecule has 9 heavy (non-hydrogen) atoms. The molecule has 0 spiro atoms. The summed E-state index contributed by atoms with van der Waals surface area (Å²) in [6.45, 7) is 4.44. The molecule has 1 aliphatic rings. The Kier molecular flexibility index (Phi) is 1.56. The number of rotatable bonds is 0. The van der Waals surface area contributed by atoms with E-state index in [1.54, 1.807) is 11.8 Å². The second-order valence-electron chi connectivity index (χ2n) is 2.30. The van der Waals surface area contributed by atoms with Crippen molar-refractivity contribution in [1.29, 1.82) is 0 Å². The minimum Gasteiger partial charge on any atom is -0.317 e. The van der Waals surface area contributed by atoms with Gasteiger partial charge in [-0.15, -0.1) is 0 Å². The highest BCUT2D eigenvalue weighted by Crippen LogP contribution is 2.12. The second kappa shape index (κ2) is 2.21. The molecule has 0 N–H and O–H groups in total. The van der Waals surface area contributed by atoms with Gasteiger partial charge in [0.15, 0.2) is 0 Å². The number of hydrogen-bond donors (Lipinski definition) is 0. The van der Waals surface area contributed by atoms with Crippen LogP contribution in [-0.4, -0.2) is 17.4 Å². The van der Waals surface area contributed by atoms with E-state index in [2.05, 4.69) is 6.08 Å². The van der Waals surface area contributed by atoms with E-state index in [1.807, 2.05) is 6.92 Å². The van der Waals surface area contributed by atoms with Crippen molar-refractivity contribution >= 4 is 5.91 Å². The Balaban J connectivity index is 2.63.